The molecule has 0 saturated carbocycles. The molecular formula is C18H32IN5O. The third kappa shape index (κ3) is 7.77. The molecule has 2 heterocycles. The van der Waals surface area contributed by atoms with Gasteiger partial charge in [0, 0.05) is 46.0 Å². The normalized spacial score (nSPS) is 15.6. The Morgan fingerprint density at radius 1 is 1.32 bits per heavy atom. The Kier molecular flexibility index (Phi) is 10.8. The van der Waals surface area contributed by atoms with Crippen LogP contribution in [0.25, 0.3) is 0 Å². The van der Waals surface area contributed by atoms with Gasteiger partial charge in [0.15, 0.2) is 5.96 Å². The summed E-state index contributed by atoms with van der Waals surface area (Å²) in [4.78, 5) is 11.2. The minimum Gasteiger partial charge on any atom is -0.380 e. The molecule has 0 aliphatic carbocycles. The lowest BCUT2D eigenvalue weighted by molar-refractivity contribution is 0.152. The van der Waals surface area contributed by atoms with Gasteiger partial charge in [-0.3, -0.25) is 4.99 Å². The Hall–Kier alpha value is -1.09. The molecule has 1 aliphatic rings. The van der Waals surface area contributed by atoms with E-state index >= 15 is 0 Å². The molecule has 1 aliphatic heterocycles. The summed E-state index contributed by atoms with van der Waals surface area (Å²) in [5.74, 6) is 2.71. The number of guanidine groups is 1. The molecule has 1 saturated heterocycles. The molecule has 6 nitrogen and oxygen atoms in total. The Bertz CT molecular complexity index is 501. The molecule has 2 rings (SSSR count). The smallest absolute Gasteiger partial charge is 0.191 e. The minimum absolute atomic E-state index is 0. The summed E-state index contributed by atoms with van der Waals surface area (Å²) in [5, 5.41) is 6.52. The maximum Gasteiger partial charge on any atom is 0.191 e. The van der Waals surface area contributed by atoms with Gasteiger partial charge in [-0.1, -0.05) is 13.0 Å². The number of aliphatic imine (C=N–C) groups is 1. The van der Waals surface area contributed by atoms with Crippen molar-refractivity contribution < 1.29 is 4.74 Å². The van der Waals surface area contributed by atoms with Gasteiger partial charge in [-0.05, 0) is 37.3 Å². The molecule has 0 spiro atoms. The molecule has 1 aromatic heterocycles. The molecule has 0 amide bonds. The molecule has 7 heteroatoms. The molecule has 1 aromatic rings. The van der Waals surface area contributed by atoms with Gasteiger partial charge in [0.25, 0.3) is 0 Å². The number of piperidine rings is 1. The minimum atomic E-state index is 0. The predicted molar refractivity (Wildman–Crippen MR) is 115 cm³/mol. The van der Waals surface area contributed by atoms with E-state index in [1.54, 1.807) is 7.05 Å². The van der Waals surface area contributed by atoms with Crippen molar-refractivity contribution in [3.8, 4) is 0 Å². The van der Waals surface area contributed by atoms with Crippen LogP contribution in [-0.4, -0.2) is 50.8 Å². The van der Waals surface area contributed by atoms with Gasteiger partial charge in [-0.25, -0.2) is 4.98 Å². The zero-order valence-corrected chi connectivity index (χ0v) is 18.0. The predicted octanol–water partition coefficient (Wildman–Crippen LogP) is 2.64. The van der Waals surface area contributed by atoms with E-state index in [1.807, 2.05) is 13.1 Å². The van der Waals surface area contributed by atoms with E-state index in [0.717, 1.165) is 49.5 Å². The van der Waals surface area contributed by atoms with E-state index < -0.39 is 0 Å². The topological polar surface area (TPSA) is 61.8 Å². The monoisotopic (exact) mass is 461 g/mol. The Morgan fingerprint density at radius 3 is 2.68 bits per heavy atom. The highest BCUT2D eigenvalue weighted by Gasteiger charge is 2.16. The third-order valence-electron chi connectivity index (χ3n) is 4.34. The average Bonchev–Trinajstić information content (AvgIpc) is 2.62. The van der Waals surface area contributed by atoms with Crippen LogP contribution in [0.3, 0.4) is 0 Å². The summed E-state index contributed by atoms with van der Waals surface area (Å²) in [6.07, 6.45) is 4.47. The summed E-state index contributed by atoms with van der Waals surface area (Å²) in [5.41, 5.74) is 1.15. The highest BCUT2D eigenvalue weighted by molar-refractivity contribution is 14.0. The number of aromatic nitrogens is 1. The van der Waals surface area contributed by atoms with E-state index in [1.165, 1.54) is 12.8 Å². The number of ether oxygens (including phenoxy) is 1. The van der Waals surface area contributed by atoms with E-state index in [9.17, 15) is 0 Å². The molecular weight excluding hydrogens is 429 g/mol. The van der Waals surface area contributed by atoms with E-state index in [-0.39, 0.29) is 24.0 Å². The summed E-state index contributed by atoms with van der Waals surface area (Å²) in [6.45, 7) is 9.42. The number of nitrogens with zero attached hydrogens (tertiary/aromatic N) is 3. The number of pyridine rings is 1. The highest BCUT2D eigenvalue weighted by atomic mass is 127. The van der Waals surface area contributed by atoms with Gasteiger partial charge in [-0.2, -0.15) is 0 Å². The number of halogens is 1. The van der Waals surface area contributed by atoms with Crippen LogP contribution in [0.1, 0.15) is 32.3 Å². The molecule has 25 heavy (non-hydrogen) atoms. The molecule has 142 valence electrons. The average molecular weight is 461 g/mol. The van der Waals surface area contributed by atoms with Crippen LogP contribution < -0.4 is 15.5 Å². The molecule has 0 bridgehead atoms. The van der Waals surface area contributed by atoms with Crippen molar-refractivity contribution in [3.63, 3.8) is 0 Å². The van der Waals surface area contributed by atoms with E-state index in [0.29, 0.717) is 13.2 Å². The first-order chi connectivity index (χ1) is 11.7. The molecule has 0 atom stereocenters. The van der Waals surface area contributed by atoms with Crippen LogP contribution in [0.15, 0.2) is 23.3 Å². The lowest BCUT2D eigenvalue weighted by Crippen LogP contribution is -2.38. The van der Waals surface area contributed by atoms with Crippen molar-refractivity contribution in [1.82, 2.24) is 15.6 Å². The van der Waals surface area contributed by atoms with Gasteiger partial charge in [0.1, 0.15) is 5.82 Å². The molecule has 2 N–H and O–H groups in total. The summed E-state index contributed by atoms with van der Waals surface area (Å²) >= 11 is 0. The first-order valence-electron chi connectivity index (χ1n) is 8.95. The van der Waals surface area contributed by atoms with Crippen molar-refractivity contribution in [3.05, 3.63) is 23.9 Å². The van der Waals surface area contributed by atoms with Crippen LogP contribution in [-0.2, 0) is 11.3 Å². The molecule has 1 fully saturated rings. The standard InChI is InChI=1S/C18H31N5O.HI/c1-4-24-12-9-20-18(19-3)22-14-16-5-6-17(21-13-16)23-10-7-15(2)8-11-23;/h5-6,13,15H,4,7-12,14H2,1-3H3,(H2,19,20,22);1H. The Morgan fingerprint density at radius 2 is 2.08 bits per heavy atom. The number of anilines is 1. The van der Waals surface area contributed by atoms with Gasteiger partial charge in [0.05, 0.1) is 6.61 Å². The number of hydrogen-bond donors (Lipinski definition) is 2. The zero-order chi connectivity index (χ0) is 17.2. The molecule has 0 radical (unpaired) electrons. The van der Waals surface area contributed by atoms with Gasteiger partial charge < -0.3 is 20.3 Å². The maximum atomic E-state index is 5.31. The number of hydrogen-bond acceptors (Lipinski definition) is 4. The Balaban J connectivity index is 0.00000312. The van der Waals surface area contributed by atoms with Crippen LogP contribution in [0.4, 0.5) is 5.82 Å². The summed E-state index contributed by atoms with van der Waals surface area (Å²) in [6, 6.07) is 4.26. The molecule has 0 aromatic carbocycles. The van der Waals surface area contributed by atoms with Gasteiger partial charge in [0.2, 0.25) is 0 Å². The van der Waals surface area contributed by atoms with Crippen LogP contribution >= 0.6 is 24.0 Å². The maximum absolute atomic E-state index is 5.31. The lowest BCUT2D eigenvalue weighted by atomic mass is 9.99. The van der Waals surface area contributed by atoms with Crippen LogP contribution in [0.5, 0.6) is 0 Å². The number of nitrogens with one attached hydrogen (secondary N) is 2. The second-order valence-electron chi connectivity index (χ2n) is 6.24. The summed E-state index contributed by atoms with van der Waals surface area (Å²) < 4.78 is 5.31. The van der Waals surface area contributed by atoms with E-state index in [2.05, 4.69) is 44.6 Å². The number of rotatable bonds is 7. The fraction of sp³-hybridized carbons (Fsp3) is 0.667. The third-order valence-corrected chi connectivity index (χ3v) is 4.34. The SMILES string of the molecule is CCOCCNC(=NC)NCc1ccc(N2CCC(C)CC2)nc1.I. The lowest BCUT2D eigenvalue weighted by Gasteiger charge is -2.31. The zero-order valence-electron chi connectivity index (χ0n) is 15.6. The fourth-order valence-electron chi connectivity index (χ4n) is 2.74. The van der Waals surface area contributed by atoms with Crippen molar-refractivity contribution >= 4 is 35.8 Å². The summed E-state index contributed by atoms with van der Waals surface area (Å²) in [7, 11) is 1.77. The Labute approximate surface area is 168 Å². The fourth-order valence-corrected chi connectivity index (χ4v) is 2.74. The highest BCUT2D eigenvalue weighted by Crippen LogP contribution is 2.21. The first kappa shape index (κ1) is 22.0. The van der Waals surface area contributed by atoms with Crippen LogP contribution in [0, 0.1) is 5.92 Å². The van der Waals surface area contributed by atoms with Crippen molar-refractivity contribution in [1.29, 1.82) is 0 Å². The van der Waals surface area contributed by atoms with Crippen LogP contribution in [0.2, 0.25) is 0 Å². The van der Waals surface area contributed by atoms with Crippen molar-refractivity contribution in [2.75, 3.05) is 44.8 Å². The van der Waals surface area contributed by atoms with E-state index in [4.69, 9.17) is 4.74 Å². The second kappa shape index (κ2) is 12.3. The van der Waals surface area contributed by atoms with Gasteiger partial charge in [-0.15, -0.1) is 24.0 Å². The van der Waals surface area contributed by atoms with Crippen molar-refractivity contribution in [2.24, 2.45) is 10.9 Å². The first-order valence-corrected chi connectivity index (χ1v) is 8.95. The van der Waals surface area contributed by atoms with Crippen molar-refractivity contribution in [2.45, 2.75) is 33.2 Å². The quantitative estimate of drug-likeness (QED) is 0.283. The second-order valence-corrected chi connectivity index (χ2v) is 6.24. The van der Waals surface area contributed by atoms with Gasteiger partial charge >= 0.3 is 0 Å². The largest absolute Gasteiger partial charge is 0.380 e. The molecule has 0 unspecified atom stereocenters.